The van der Waals surface area contributed by atoms with Crippen molar-refractivity contribution in [3.63, 3.8) is 0 Å². The van der Waals surface area contributed by atoms with Crippen LogP contribution in [0.2, 0.25) is 0 Å². The third-order valence-electron chi connectivity index (χ3n) is 5.05. The zero-order valence-corrected chi connectivity index (χ0v) is 15.3. The molecule has 2 aromatic rings. The lowest BCUT2D eigenvalue weighted by atomic mass is 9.98. The van der Waals surface area contributed by atoms with Crippen molar-refractivity contribution >= 4 is 23.0 Å². The molecule has 0 saturated carbocycles. The van der Waals surface area contributed by atoms with Crippen LogP contribution in [0.25, 0.3) is 0 Å². The van der Waals surface area contributed by atoms with Crippen LogP contribution in [0.5, 0.6) is 0 Å². The maximum Gasteiger partial charge on any atom is 0.255 e. The molecular weight excluding hydrogens is 310 g/mol. The maximum atomic E-state index is 12.5. The van der Waals surface area contributed by atoms with Crippen molar-refractivity contribution in [2.45, 2.75) is 33.6 Å². The van der Waals surface area contributed by atoms with Crippen LogP contribution >= 0.6 is 0 Å². The lowest BCUT2D eigenvalue weighted by Crippen LogP contribution is -2.33. The van der Waals surface area contributed by atoms with E-state index in [9.17, 15) is 4.79 Å². The number of carbonyl (C=O) groups is 1. The largest absolute Gasteiger partial charge is 0.397 e. The highest BCUT2D eigenvalue weighted by molar-refractivity contribution is 6.06. The average Bonchev–Trinajstić information content (AvgIpc) is 2.59. The molecule has 0 radical (unpaired) electrons. The second kappa shape index (κ2) is 7.18. The smallest absolute Gasteiger partial charge is 0.255 e. The van der Waals surface area contributed by atoms with E-state index in [1.54, 1.807) is 0 Å². The lowest BCUT2D eigenvalue weighted by Gasteiger charge is -2.33. The normalized spacial score (nSPS) is 15.2. The number of hydrogen-bond donors (Lipinski definition) is 2. The molecule has 0 unspecified atom stereocenters. The summed E-state index contributed by atoms with van der Waals surface area (Å²) in [6.07, 6.45) is 2.41. The molecule has 3 rings (SSSR count). The van der Waals surface area contributed by atoms with E-state index in [2.05, 4.69) is 24.1 Å². The maximum absolute atomic E-state index is 12.5. The number of nitrogens with zero attached hydrogens (tertiary/aromatic N) is 1. The Morgan fingerprint density at radius 3 is 2.40 bits per heavy atom. The van der Waals surface area contributed by atoms with Gasteiger partial charge in [-0.2, -0.15) is 0 Å². The Hall–Kier alpha value is -2.49. The number of nitrogens with one attached hydrogen (secondary N) is 1. The molecule has 1 fully saturated rings. The van der Waals surface area contributed by atoms with E-state index >= 15 is 0 Å². The number of hydrogen-bond acceptors (Lipinski definition) is 3. The van der Waals surface area contributed by atoms with E-state index in [4.69, 9.17) is 5.73 Å². The third-order valence-corrected chi connectivity index (χ3v) is 5.05. The quantitative estimate of drug-likeness (QED) is 0.818. The molecule has 1 aliphatic heterocycles. The second-order valence-electron chi connectivity index (χ2n) is 7.22. The summed E-state index contributed by atoms with van der Waals surface area (Å²) < 4.78 is 0. The average molecular weight is 337 g/mol. The predicted molar refractivity (Wildman–Crippen MR) is 105 cm³/mol. The SMILES string of the molecule is Cc1ccc(C(=O)Nc2cc(N3CCC(C)CC3)c(C)cc2N)cc1. The summed E-state index contributed by atoms with van der Waals surface area (Å²) in [6.45, 7) is 8.50. The summed E-state index contributed by atoms with van der Waals surface area (Å²) in [7, 11) is 0. The van der Waals surface area contributed by atoms with Gasteiger partial charge in [-0.25, -0.2) is 0 Å². The fourth-order valence-corrected chi connectivity index (χ4v) is 3.32. The minimum absolute atomic E-state index is 0.131. The highest BCUT2D eigenvalue weighted by atomic mass is 16.1. The number of amides is 1. The van der Waals surface area contributed by atoms with Gasteiger partial charge in [0.05, 0.1) is 11.4 Å². The van der Waals surface area contributed by atoms with Crippen molar-refractivity contribution in [1.29, 1.82) is 0 Å². The van der Waals surface area contributed by atoms with Crippen molar-refractivity contribution in [2.24, 2.45) is 5.92 Å². The molecular formula is C21H27N3O. The summed E-state index contributed by atoms with van der Waals surface area (Å²) in [5.74, 6) is 0.653. The minimum atomic E-state index is -0.131. The number of nitrogen functional groups attached to an aromatic ring is 1. The Morgan fingerprint density at radius 2 is 1.76 bits per heavy atom. The Morgan fingerprint density at radius 1 is 1.12 bits per heavy atom. The molecule has 4 heteroatoms. The summed E-state index contributed by atoms with van der Waals surface area (Å²) in [5.41, 5.74) is 11.5. The molecule has 3 N–H and O–H groups in total. The lowest BCUT2D eigenvalue weighted by molar-refractivity contribution is 0.102. The molecule has 1 aliphatic rings. The van der Waals surface area contributed by atoms with Gasteiger partial charge < -0.3 is 16.0 Å². The molecule has 0 bridgehead atoms. The van der Waals surface area contributed by atoms with Crippen LogP contribution in [0.4, 0.5) is 17.1 Å². The van der Waals surface area contributed by atoms with E-state index in [0.29, 0.717) is 16.9 Å². The molecule has 2 aromatic carbocycles. The molecule has 4 nitrogen and oxygen atoms in total. The van der Waals surface area contributed by atoms with E-state index in [1.807, 2.05) is 43.3 Å². The van der Waals surface area contributed by atoms with Gasteiger partial charge >= 0.3 is 0 Å². The minimum Gasteiger partial charge on any atom is -0.397 e. The monoisotopic (exact) mass is 337 g/mol. The zero-order valence-electron chi connectivity index (χ0n) is 15.3. The van der Waals surface area contributed by atoms with Gasteiger partial charge in [0.1, 0.15) is 0 Å². The molecule has 132 valence electrons. The number of nitrogens with two attached hydrogens (primary N) is 1. The molecule has 0 atom stereocenters. The number of anilines is 3. The van der Waals surface area contributed by atoms with Crippen LogP contribution in [0.1, 0.15) is 41.3 Å². The van der Waals surface area contributed by atoms with Gasteiger partial charge in [-0.1, -0.05) is 24.6 Å². The number of aryl methyl sites for hydroxylation is 2. The van der Waals surface area contributed by atoms with Gasteiger partial charge in [-0.3, -0.25) is 4.79 Å². The molecule has 1 amide bonds. The Kier molecular flexibility index (Phi) is 4.98. The van der Waals surface area contributed by atoms with Gasteiger partial charge in [0.2, 0.25) is 0 Å². The van der Waals surface area contributed by atoms with E-state index < -0.39 is 0 Å². The molecule has 1 heterocycles. The van der Waals surface area contributed by atoms with Crippen LogP contribution in [0.15, 0.2) is 36.4 Å². The van der Waals surface area contributed by atoms with Crippen LogP contribution in [-0.4, -0.2) is 19.0 Å². The van der Waals surface area contributed by atoms with Crippen LogP contribution in [-0.2, 0) is 0 Å². The molecule has 0 aliphatic carbocycles. The van der Waals surface area contributed by atoms with E-state index in [-0.39, 0.29) is 5.91 Å². The number of carbonyl (C=O) groups excluding carboxylic acids is 1. The summed E-state index contributed by atoms with van der Waals surface area (Å²) in [5, 5.41) is 2.97. The Bertz CT molecular complexity index is 759. The molecule has 1 saturated heterocycles. The summed E-state index contributed by atoms with van der Waals surface area (Å²) in [6, 6.07) is 11.5. The Balaban J connectivity index is 1.82. The van der Waals surface area contributed by atoms with E-state index in [1.165, 1.54) is 18.5 Å². The van der Waals surface area contributed by atoms with Crippen molar-refractivity contribution in [3.05, 3.63) is 53.1 Å². The van der Waals surface area contributed by atoms with E-state index in [0.717, 1.165) is 30.1 Å². The third kappa shape index (κ3) is 3.95. The fourth-order valence-electron chi connectivity index (χ4n) is 3.32. The van der Waals surface area contributed by atoms with Gasteiger partial charge in [-0.15, -0.1) is 0 Å². The summed E-state index contributed by atoms with van der Waals surface area (Å²) in [4.78, 5) is 14.9. The highest BCUT2D eigenvalue weighted by Crippen LogP contribution is 2.32. The summed E-state index contributed by atoms with van der Waals surface area (Å²) >= 11 is 0. The first-order chi connectivity index (χ1) is 11.9. The van der Waals surface area contributed by atoms with Crippen molar-refractivity contribution in [3.8, 4) is 0 Å². The van der Waals surface area contributed by atoms with Crippen molar-refractivity contribution < 1.29 is 4.79 Å². The first-order valence-corrected chi connectivity index (χ1v) is 8.97. The Labute approximate surface area is 150 Å². The van der Waals surface area contributed by atoms with Gasteiger partial charge in [0, 0.05) is 24.3 Å². The number of benzene rings is 2. The zero-order chi connectivity index (χ0) is 18.0. The molecule has 0 spiro atoms. The van der Waals surface area contributed by atoms with Gasteiger partial charge in [-0.05, 0) is 62.4 Å². The number of piperidine rings is 1. The first kappa shape index (κ1) is 17.3. The van der Waals surface area contributed by atoms with Crippen LogP contribution in [0, 0.1) is 19.8 Å². The van der Waals surface area contributed by atoms with Crippen LogP contribution < -0.4 is 16.0 Å². The van der Waals surface area contributed by atoms with Crippen molar-refractivity contribution in [1.82, 2.24) is 0 Å². The topological polar surface area (TPSA) is 58.4 Å². The second-order valence-corrected chi connectivity index (χ2v) is 7.22. The van der Waals surface area contributed by atoms with Gasteiger partial charge in [0.15, 0.2) is 0 Å². The highest BCUT2D eigenvalue weighted by Gasteiger charge is 2.19. The van der Waals surface area contributed by atoms with Gasteiger partial charge in [0.25, 0.3) is 5.91 Å². The van der Waals surface area contributed by atoms with Crippen molar-refractivity contribution in [2.75, 3.05) is 29.0 Å². The first-order valence-electron chi connectivity index (χ1n) is 8.97. The fraction of sp³-hybridized carbons (Fsp3) is 0.381. The number of rotatable bonds is 3. The molecule has 25 heavy (non-hydrogen) atoms. The predicted octanol–water partition coefficient (Wildman–Crippen LogP) is 4.37. The molecule has 0 aromatic heterocycles. The van der Waals surface area contributed by atoms with Crippen LogP contribution in [0.3, 0.4) is 0 Å². The standard InChI is InChI=1S/C21H27N3O/c1-14-4-6-17(7-5-14)21(25)23-19-13-20(16(3)12-18(19)22)24-10-8-15(2)9-11-24/h4-7,12-13,15H,8-11,22H2,1-3H3,(H,23,25).